The zero-order chi connectivity index (χ0) is 10.2. The molecule has 2 fully saturated rings. The highest BCUT2D eigenvalue weighted by atomic mass is 16.5. The smallest absolute Gasteiger partial charge is 0.332 e. The van der Waals surface area contributed by atoms with Gasteiger partial charge in [-0.3, -0.25) is 0 Å². The lowest BCUT2D eigenvalue weighted by molar-refractivity contribution is -0.0617. The van der Waals surface area contributed by atoms with Crippen molar-refractivity contribution in [2.45, 2.75) is 32.3 Å². The molecule has 0 spiro atoms. The lowest BCUT2D eigenvalue weighted by Crippen LogP contribution is -2.56. The maximum absolute atomic E-state index is 10.4. The van der Waals surface area contributed by atoms with Crippen molar-refractivity contribution < 1.29 is 9.53 Å². The first-order valence-corrected chi connectivity index (χ1v) is 4.85. The number of carbonyl (C=O) groups is 1. The molecule has 2 atom stereocenters. The van der Waals surface area contributed by atoms with Gasteiger partial charge in [0.1, 0.15) is 6.10 Å². The summed E-state index contributed by atoms with van der Waals surface area (Å²) < 4.78 is 5.60. The molecule has 2 rings (SSSR count). The van der Waals surface area contributed by atoms with Crippen LogP contribution in [0.5, 0.6) is 0 Å². The summed E-state index contributed by atoms with van der Waals surface area (Å²) in [5.41, 5.74) is 8.31. The fourth-order valence-electron chi connectivity index (χ4n) is 2.29. The molecule has 0 aromatic heterocycles. The zero-order valence-electron chi connectivity index (χ0n) is 8.25. The number of rotatable bonds is 1. The summed E-state index contributed by atoms with van der Waals surface area (Å²) in [5, 5.41) is 3.93. The van der Waals surface area contributed by atoms with Crippen molar-refractivity contribution in [1.29, 1.82) is 0 Å². The third-order valence-electron chi connectivity index (χ3n) is 3.01. The second-order valence-electron chi connectivity index (χ2n) is 4.26. The number of carbonyl (C=O) groups excluding carboxylic acids is 1. The van der Waals surface area contributed by atoms with Crippen LogP contribution in [-0.4, -0.2) is 24.5 Å². The molecule has 1 saturated heterocycles. The van der Waals surface area contributed by atoms with Gasteiger partial charge in [0.2, 0.25) is 0 Å². The predicted octanol–water partition coefficient (Wildman–Crippen LogP) is 0.600. The van der Waals surface area contributed by atoms with Crippen LogP contribution in [-0.2, 0) is 4.74 Å². The van der Waals surface area contributed by atoms with E-state index in [-0.39, 0.29) is 11.5 Å². The molecule has 5 heteroatoms. The molecule has 2 unspecified atom stereocenters. The highest BCUT2D eigenvalue weighted by Gasteiger charge is 2.50. The van der Waals surface area contributed by atoms with Crippen LogP contribution in [0, 0.1) is 5.41 Å². The highest BCUT2D eigenvalue weighted by Crippen LogP contribution is 2.47. The number of fused-ring (bicyclic) bond motifs is 1. The highest BCUT2D eigenvalue weighted by molar-refractivity contribution is 5.96. The van der Waals surface area contributed by atoms with Gasteiger partial charge in [-0.05, 0) is 19.3 Å². The monoisotopic (exact) mass is 197 g/mol. The largest absolute Gasteiger partial charge is 0.372 e. The van der Waals surface area contributed by atoms with Crippen LogP contribution >= 0.6 is 0 Å². The molecule has 2 amide bonds. The topological polar surface area (TPSA) is 76.7 Å². The van der Waals surface area contributed by atoms with E-state index in [9.17, 15) is 4.79 Å². The molecule has 0 aromatic rings. The van der Waals surface area contributed by atoms with E-state index in [2.05, 4.69) is 17.5 Å². The number of amides is 2. The van der Waals surface area contributed by atoms with Crippen LogP contribution < -0.4 is 11.2 Å². The maximum Gasteiger partial charge on any atom is 0.332 e. The Labute approximate surface area is 82.7 Å². The van der Waals surface area contributed by atoms with Gasteiger partial charge in [0.05, 0.1) is 5.71 Å². The third-order valence-corrected chi connectivity index (χ3v) is 3.01. The molecule has 1 saturated carbocycles. The van der Waals surface area contributed by atoms with Gasteiger partial charge in [0.15, 0.2) is 0 Å². The number of hydrazone groups is 1. The quantitative estimate of drug-likeness (QED) is 0.604. The molecule has 1 aliphatic heterocycles. The summed E-state index contributed by atoms with van der Waals surface area (Å²) >= 11 is 0. The van der Waals surface area contributed by atoms with Gasteiger partial charge in [-0.2, -0.15) is 5.10 Å². The Bertz CT molecular complexity index is 290. The second-order valence-corrected chi connectivity index (χ2v) is 4.26. The molecule has 3 N–H and O–H groups in total. The van der Waals surface area contributed by atoms with Crippen LogP contribution in [0.4, 0.5) is 4.79 Å². The SMILES string of the molecule is CC12CCCOC1/C(=N/NC(N)=O)C2. The fraction of sp³-hybridized carbons (Fsp3) is 0.778. The number of ether oxygens (including phenoxy) is 1. The number of nitrogens with two attached hydrogens (primary N) is 1. The normalized spacial score (nSPS) is 38.6. The minimum absolute atomic E-state index is 0.0862. The Balaban J connectivity index is 1.99. The molecule has 14 heavy (non-hydrogen) atoms. The maximum atomic E-state index is 10.4. The van der Waals surface area contributed by atoms with Crippen molar-refractivity contribution in [2.24, 2.45) is 16.3 Å². The van der Waals surface area contributed by atoms with Gasteiger partial charge in [-0.15, -0.1) is 0 Å². The van der Waals surface area contributed by atoms with Crippen LogP contribution in [0.2, 0.25) is 0 Å². The van der Waals surface area contributed by atoms with Crippen molar-refractivity contribution in [3.8, 4) is 0 Å². The Morgan fingerprint density at radius 3 is 3.21 bits per heavy atom. The Morgan fingerprint density at radius 1 is 1.79 bits per heavy atom. The molecule has 1 aliphatic carbocycles. The van der Waals surface area contributed by atoms with E-state index < -0.39 is 6.03 Å². The van der Waals surface area contributed by atoms with E-state index in [0.717, 1.165) is 25.2 Å². The van der Waals surface area contributed by atoms with Gasteiger partial charge in [-0.25, -0.2) is 10.2 Å². The molecule has 0 aromatic carbocycles. The summed E-state index contributed by atoms with van der Waals surface area (Å²) in [4.78, 5) is 10.4. The molecule has 78 valence electrons. The number of primary amides is 1. The first kappa shape index (κ1) is 9.45. The standard InChI is InChI=1S/C9H15N3O2/c1-9-3-2-4-14-7(9)6(5-9)11-12-8(10)13/h7H,2-5H2,1H3,(H3,10,12,13)/b11-6+. The number of urea groups is 1. The Morgan fingerprint density at radius 2 is 2.57 bits per heavy atom. The first-order valence-electron chi connectivity index (χ1n) is 4.85. The Kier molecular flexibility index (Phi) is 2.19. The number of nitrogens with one attached hydrogen (secondary N) is 1. The minimum atomic E-state index is -0.623. The molecular weight excluding hydrogens is 182 g/mol. The molecular formula is C9H15N3O2. The Hall–Kier alpha value is -1.10. The summed E-state index contributed by atoms with van der Waals surface area (Å²) in [6, 6.07) is -0.623. The van der Waals surface area contributed by atoms with Crippen LogP contribution in [0.3, 0.4) is 0 Å². The van der Waals surface area contributed by atoms with E-state index >= 15 is 0 Å². The summed E-state index contributed by atoms with van der Waals surface area (Å²) in [6.07, 6.45) is 3.28. The van der Waals surface area contributed by atoms with Gasteiger partial charge in [0.25, 0.3) is 0 Å². The van der Waals surface area contributed by atoms with Gasteiger partial charge >= 0.3 is 6.03 Å². The zero-order valence-corrected chi connectivity index (χ0v) is 8.25. The third kappa shape index (κ3) is 1.48. The average Bonchev–Trinajstić information content (AvgIpc) is 2.10. The summed E-state index contributed by atoms with van der Waals surface area (Å²) in [5.74, 6) is 0. The van der Waals surface area contributed by atoms with Gasteiger partial charge in [-0.1, -0.05) is 6.92 Å². The molecule has 0 bridgehead atoms. The fourth-order valence-corrected chi connectivity index (χ4v) is 2.29. The van der Waals surface area contributed by atoms with Crippen molar-refractivity contribution in [1.82, 2.24) is 5.43 Å². The number of nitrogens with zero attached hydrogens (tertiary/aromatic N) is 1. The van der Waals surface area contributed by atoms with Crippen LogP contribution in [0.15, 0.2) is 5.10 Å². The number of hydrogen-bond donors (Lipinski definition) is 2. The van der Waals surface area contributed by atoms with Crippen LogP contribution in [0.25, 0.3) is 0 Å². The van der Waals surface area contributed by atoms with E-state index in [4.69, 9.17) is 10.5 Å². The molecule has 0 radical (unpaired) electrons. The first-order chi connectivity index (χ1) is 6.62. The summed E-state index contributed by atoms with van der Waals surface area (Å²) in [6.45, 7) is 2.98. The van der Waals surface area contributed by atoms with E-state index in [1.165, 1.54) is 6.42 Å². The number of hydrogen-bond acceptors (Lipinski definition) is 3. The van der Waals surface area contributed by atoms with Crippen LogP contribution in [0.1, 0.15) is 26.2 Å². The average molecular weight is 197 g/mol. The van der Waals surface area contributed by atoms with Crippen molar-refractivity contribution in [2.75, 3.05) is 6.61 Å². The lowest BCUT2D eigenvalue weighted by Gasteiger charge is -2.50. The molecule has 1 heterocycles. The predicted molar refractivity (Wildman–Crippen MR) is 51.9 cm³/mol. The van der Waals surface area contributed by atoms with Crippen molar-refractivity contribution in [3.05, 3.63) is 0 Å². The van der Waals surface area contributed by atoms with E-state index in [0.29, 0.717) is 0 Å². The van der Waals surface area contributed by atoms with E-state index in [1.807, 2.05) is 0 Å². The molecule has 5 nitrogen and oxygen atoms in total. The molecule has 2 aliphatic rings. The lowest BCUT2D eigenvalue weighted by atomic mass is 9.62. The summed E-state index contributed by atoms with van der Waals surface area (Å²) in [7, 11) is 0. The van der Waals surface area contributed by atoms with E-state index in [1.54, 1.807) is 0 Å². The van der Waals surface area contributed by atoms with Gasteiger partial charge < -0.3 is 10.5 Å². The van der Waals surface area contributed by atoms with Crippen molar-refractivity contribution >= 4 is 11.7 Å². The van der Waals surface area contributed by atoms with Crippen molar-refractivity contribution in [3.63, 3.8) is 0 Å². The minimum Gasteiger partial charge on any atom is -0.372 e. The van der Waals surface area contributed by atoms with Gasteiger partial charge in [0, 0.05) is 12.0 Å². The second kappa shape index (κ2) is 3.24.